The average molecular weight is 424 g/mol. The van der Waals surface area contributed by atoms with Crippen LogP contribution in [0.25, 0.3) is 22.1 Å². The third kappa shape index (κ3) is 4.91. The SMILES string of the molecule is C=CCOc1ccc2ncc(F)c(CC)c2n1.CCc1c(F)cnc2ccc(=O)[nH]c12. The lowest BCUT2D eigenvalue weighted by Gasteiger charge is -2.07. The molecule has 8 heteroatoms. The Morgan fingerprint density at radius 1 is 1.00 bits per heavy atom. The maximum Gasteiger partial charge on any atom is 0.248 e. The number of nitrogens with zero attached hydrogens (tertiary/aromatic N) is 3. The minimum Gasteiger partial charge on any atom is -0.473 e. The Morgan fingerprint density at radius 3 is 2.32 bits per heavy atom. The zero-order valence-corrected chi connectivity index (χ0v) is 17.3. The molecule has 0 radical (unpaired) electrons. The van der Waals surface area contributed by atoms with Crippen molar-refractivity contribution in [3.8, 4) is 5.88 Å². The normalized spacial score (nSPS) is 10.6. The molecule has 1 N–H and O–H groups in total. The Morgan fingerprint density at radius 2 is 1.65 bits per heavy atom. The van der Waals surface area contributed by atoms with Crippen molar-refractivity contribution in [1.29, 1.82) is 0 Å². The van der Waals surface area contributed by atoms with E-state index in [2.05, 4.69) is 26.5 Å². The fourth-order valence-corrected chi connectivity index (χ4v) is 3.11. The summed E-state index contributed by atoms with van der Waals surface area (Å²) >= 11 is 0. The molecule has 4 rings (SSSR count). The number of aromatic amines is 1. The van der Waals surface area contributed by atoms with Gasteiger partial charge in [0.2, 0.25) is 11.4 Å². The van der Waals surface area contributed by atoms with Crippen molar-refractivity contribution in [1.82, 2.24) is 19.9 Å². The number of hydrogen-bond donors (Lipinski definition) is 1. The number of fused-ring (bicyclic) bond motifs is 2. The van der Waals surface area contributed by atoms with E-state index in [1.165, 1.54) is 18.5 Å². The van der Waals surface area contributed by atoms with Crippen LogP contribution in [0, 0.1) is 11.6 Å². The topological polar surface area (TPSA) is 80.8 Å². The summed E-state index contributed by atoms with van der Waals surface area (Å²) in [7, 11) is 0. The van der Waals surface area contributed by atoms with Crippen molar-refractivity contribution in [2.24, 2.45) is 0 Å². The largest absolute Gasteiger partial charge is 0.473 e. The zero-order valence-electron chi connectivity index (χ0n) is 17.3. The first kappa shape index (κ1) is 22.0. The van der Waals surface area contributed by atoms with E-state index in [0.717, 1.165) is 0 Å². The number of nitrogens with one attached hydrogen (secondary N) is 1. The van der Waals surface area contributed by atoms with E-state index in [9.17, 15) is 13.6 Å². The van der Waals surface area contributed by atoms with Gasteiger partial charge in [-0.3, -0.25) is 14.8 Å². The summed E-state index contributed by atoms with van der Waals surface area (Å²) in [5, 5.41) is 0. The molecule has 4 aromatic rings. The van der Waals surface area contributed by atoms with E-state index in [4.69, 9.17) is 4.74 Å². The second kappa shape index (κ2) is 9.88. The van der Waals surface area contributed by atoms with Crippen LogP contribution in [0.2, 0.25) is 0 Å². The monoisotopic (exact) mass is 424 g/mol. The molecular formula is C23H22F2N4O2. The Balaban J connectivity index is 0.000000179. The van der Waals surface area contributed by atoms with Crippen LogP contribution in [-0.2, 0) is 12.8 Å². The lowest BCUT2D eigenvalue weighted by atomic mass is 10.1. The molecule has 4 heterocycles. The molecule has 0 unspecified atom stereocenters. The van der Waals surface area contributed by atoms with Crippen molar-refractivity contribution in [3.63, 3.8) is 0 Å². The van der Waals surface area contributed by atoms with Crippen molar-refractivity contribution in [2.75, 3.05) is 6.61 Å². The number of halogens is 2. The Kier molecular flexibility index (Phi) is 7.02. The quantitative estimate of drug-likeness (QED) is 0.477. The van der Waals surface area contributed by atoms with Gasteiger partial charge in [-0.15, -0.1) is 0 Å². The number of H-pyrrole nitrogens is 1. The Bertz CT molecular complexity index is 1290. The number of aryl methyl sites for hydroxylation is 2. The van der Waals surface area contributed by atoms with E-state index < -0.39 is 0 Å². The summed E-state index contributed by atoms with van der Waals surface area (Å²) in [6.45, 7) is 7.66. The van der Waals surface area contributed by atoms with Gasteiger partial charge in [-0.1, -0.05) is 26.5 Å². The fraction of sp³-hybridized carbons (Fsp3) is 0.217. The van der Waals surface area contributed by atoms with Crippen molar-refractivity contribution in [2.45, 2.75) is 26.7 Å². The van der Waals surface area contributed by atoms with Crippen LogP contribution in [-0.4, -0.2) is 26.5 Å². The molecule has 0 aliphatic rings. The number of ether oxygens (including phenoxy) is 1. The Hall–Kier alpha value is -3.68. The van der Waals surface area contributed by atoms with Gasteiger partial charge in [0.25, 0.3) is 0 Å². The molecule has 0 aromatic carbocycles. The molecule has 6 nitrogen and oxygen atoms in total. The van der Waals surface area contributed by atoms with E-state index in [0.29, 0.717) is 58.5 Å². The van der Waals surface area contributed by atoms with Gasteiger partial charge in [-0.2, -0.15) is 0 Å². The van der Waals surface area contributed by atoms with Crippen molar-refractivity contribution >= 4 is 22.1 Å². The predicted octanol–water partition coefficient (Wildman–Crippen LogP) is 4.52. The molecular weight excluding hydrogens is 402 g/mol. The maximum absolute atomic E-state index is 13.5. The first-order valence-corrected chi connectivity index (χ1v) is 9.82. The smallest absolute Gasteiger partial charge is 0.248 e. The molecule has 0 atom stereocenters. The fourth-order valence-electron chi connectivity index (χ4n) is 3.11. The first-order chi connectivity index (χ1) is 15.0. The third-order valence-electron chi connectivity index (χ3n) is 4.60. The second-order valence-electron chi connectivity index (χ2n) is 6.58. The molecule has 4 aromatic heterocycles. The highest BCUT2D eigenvalue weighted by molar-refractivity contribution is 5.78. The highest BCUT2D eigenvalue weighted by Gasteiger charge is 2.09. The summed E-state index contributed by atoms with van der Waals surface area (Å²) in [4.78, 5) is 25.8. The summed E-state index contributed by atoms with van der Waals surface area (Å²) in [5.41, 5.74) is 3.19. The van der Waals surface area contributed by atoms with Crippen LogP contribution in [0.15, 0.2) is 54.1 Å². The van der Waals surface area contributed by atoms with Crippen LogP contribution >= 0.6 is 0 Å². The van der Waals surface area contributed by atoms with Crippen LogP contribution in [0.5, 0.6) is 5.88 Å². The standard InChI is InChI=1S/C13H13FN2O.C10H9FN2O/c1-3-7-17-12-6-5-11-13(16-12)9(4-2)10(14)8-15-11;1-2-6-7(11)5-12-8-3-4-9(14)13-10(6)8/h3,5-6,8H,1,4,7H2,2H3;3-5H,2H2,1H3,(H,13,14). The van der Waals surface area contributed by atoms with Gasteiger partial charge < -0.3 is 9.72 Å². The molecule has 160 valence electrons. The van der Waals surface area contributed by atoms with Crippen molar-refractivity contribution < 1.29 is 13.5 Å². The van der Waals surface area contributed by atoms with Gasteiger partial charge in [-0.25, -0.2) is 13.8 Å². The number of aromatic nitrogens is 4. The summed E-state index contributed by atoms with van der Waals surface area (Å²) in [5.74, 6) is -0.241. The third-order valence-corrected chi connectivity index (χ3v) is 4.60. The molecule has 0 saturated heterocycles. The first-order valence-electron chi connectivity index (χ1n) is 9.82. The predicted molar refractivity (Wildman–Crippen MR) is 116 cm³/mol. The van der Waals surface area contributed by atoms with Crippen LogP contribution in [0.4, 0.5) is 8.78 Å². The van der Waals surface area contributed by atoms with E-state index in [1.807, 2.05) is 13.8 Å². The van der Waals surface area contributed by atoms with Crippen LogP contribution < -0.4 is 10.3 Å². The highest BCUT2D eigenvalue weighted by Crippen LogP contribution is 2.21. The summed E-state index contributed by atoms with van der Waals surface area (Å²) < 4.78 is 32.1. The molecule has 31 heavy (non-hydrogen) atoms. The minimum atomic E-state index is -0.373. The zero-order chi connectivity index (χ0) is 22.4. The second-order valence-corrected chi connectivity index (χ2v) is 6.58. The van der Waals surface area contributed by atoms with Gasteiger partial charge >= 0.3 is 0 Å². The molecule has 0 spiro atoms. The lowest BCUT2D eigenvalue weighted by molar-refractivity contribution is 0.350. The summed E-state index contributed by atoms with van der Waals surface area (Å²) in [6.07, 6.45) is 5.15. The van der Waals surface area contributed by atoms with Crippen LogP contribution in [0.1, 0.15) is 25.0 Å². The molecule has 0 bridgehead atoms. The lowest BCUT2D eigenvalue weighted by Crippen LogP contribution is -2.06. The number of pyridine rings is 4. The van der Waals surface area contributed by atoms with Gasteiger partial charge in [0.1, 0.15) is 18.2 Å². The van der Waals surface area contributed by atoms with E-state index >= 15 is 0 Å². The highest BCUT2D eigenvalue weighted by atomic mass is 19.1. The van der Waals surface area contributed by atoms with Crippen LogP contribution in [0.3, 0.4) is 0 Å². The van der Waals surface area contributed by atoms with Crippen molar-refractivity contribution in [3.05, 3.63) is 82.4 Å². The average Bonchev–Trinajstić information content (AvgIpc) is 2.78. The summed E-state index contributed by atoms with van der Waals surface area (Å²) in [6, 6.07) is 6.47. The molecule has 0 amide bonds. The van der Waals surface area contributed by atoms with Gasteiger partial charge in [0.05, 0.1) is 34.5 Å². The molecule has 0 aliphatic heterocycles. The Labute approximate surface area is 177 Å². The van der Waals surface area contributed by atoms with Gasteiger partial charge in [0.15, 0.2) is 0 Å². The maximum atomic E-state index is 13.5. The molecule has 0 fully saturated rings. The van der Waals surface area contributed by atoms with E-state index in [1.54, 1.807) is 24.3 Å². The number of hydrogen-bond acceptors (Lipinski definition) is 5. The molecule has 0 aliphatic carbocycles. The minimum absolute atomic E-state index is 0.236. The van der Waals surface area contributed by atoms with Gasteiger partial charge in [0, 0.05) is 23.3 Å². The van der Waals surface area contributed by atoms with Gasteiger partial charge in [-0.05, 0) is 25.0 Å². The number of rotatable bonds is 5. The van der Waals surface area contributed by atoms with E-state index in [-0.39, 0.29) is 17.2 Å². The molecule has 0 saturated carbocycles.